The van der Waals surface area contributed by atoms with Crippen molar-refractivity contribution in [3.63, 3.8) is 0 Å². The molecular weight excluding hydrogens is 316 g/mol. The Morgan fingerprint density at radius 2 is 1.91 bits per heavy atom. The zero-order valence-electron chi connectivity index (χ0n) is 12.9. The van der Waals surface area contributed by atoms with Crippen molar-refractivity contribution in [2.45, 2.75) is 30.7 Å². The number of carbonyl (C=O) groups excluding carboxylic acids is 2. The Labute approximate surface area is 139 Å². The van der Waals surface area contributed by atoms with E-state index >= 15 is 0 Å². The van der Waals surface area contributed by atoms with Gasteiger partial charge in [-0.1, -0.05) is 12.1 Å². The third kappa shape index (κ3) is 4.72. The van der Waals surface area contributed by atoms with Crippen molar-refractivity contribution >= 4 is 29.5 Å². The van der Waals surface area contributed by atoms with Crippen molar-refractivity contribution in [3.05, 3.63) is 29.8 Å². The lowest BCUT2D eigenvalue weighted by Gasteiger charge is -2.16. The highest BCUT2D eigenvalue weighted by atomic mass is 32.2. The van der Waals surface area contributed by atoms with Crippen molar-refractivity contribution in [1.82, 2.24) is 10.2 Å². The predicted octanol–water partition coefficient (Wildman–Crippen LogP) is 1.60. The van der Waals surface area contributed by atoms with Crippen molar-refractivity contribution in [2.75, 3.05) is 18.8 Å². The van der Waals surface area contributed by atoms with E-state index < -0.39 is 17.9 Å². The van der Waals surface area contributed by atoms with Gasteiger partial charge in [-0.2, -0.15) is 0 Å². The molecule has 0 spiro atoms. The van der Waals surface area contributed by atoms with Gasteiger partial charge >= 0.3 is 5.97 Å². The topological polar surface area (TPSA) is 86.7 Å². The third-order valence-corrected chi connectivity index (χ3v) is 4.72. The zero-order chi connectivity index (χ0) is 16.8. The van der Waals surface area contributed by atoms with E-state index in [0.29, 0.717) is 10.5 Å². The number of benzene rings is 1. The van der Waals surface area contributed by atoms with Crippen molar-refractivity contribution in [1.29, 1.82) is 0 Å². The van der Waals surface area contributed by atoms with Crippen LogP contribution in [0, 0.1) is 0 Å². The first-order chi connectivity index (χ1) is 11.0. The number of carboxylic acid groups (broad SMARTS) is 1. The van der Waals surface area contributed by atoms with Gasteiger partial charge in [0.2, 0.25) is 5.91 Å². The third-order valence-electron chi connectivity index (χ3n) is 3.66. The first kappa shape index (κ1) is 17.3. The smallest absolute Gasteiger partial charge is 0.325 e. The molecule has 1 aliphatic rings. The van der Waals surface area contributed by atoms with Crippen LogP contribution in [0.5, 0.6) is 0 Å². The molecule has 124 valence electrons. The Morgan fingerprint density at radius 3 is 2.57 bits per heavy atom. The molecule has 2 N–H and O–H groups in total. The van der Waals surface area contributed by atoms with Gasteiger partial charge in [-0.15, -0.1) is 11.8 Å². The number of aliphatic carboxylic acids is 1. The minimum absolute atomic E-state index is 0.0709. The summed E-state index contributed by atoms with van der Waals surface area (Å²) in [4.78, 5) is 37.6. The summed E-state index contributed by atoms with van der Waals surface area (Å²) >= 11 is 1.31. The summed E-state index contributed by atoms with van der Waals surface area (Å²) in [5.41, 5.74) is 0.389. The van der Waals surface area contributed by atoms with Gasteiger partial charge in [-0.25, -0.2) is 0 Å². The van der Waals surface area contributed by atoms with E-state index in [1.807, 2.05) is 4.90 Å². The van der Waals surface area contributed by atoms with Crippen LogP contribution in [0.4, 0.5) is 0 Å². The molecule has 2 rings (SSSR count). The number of hydrogen-bond donors (Lipinski definition) is 2. The summed E-state index contributed by atoms with van der Waals surface area (Å²) in [6, 6.07) is 5.94. The second kappa shape index (κ2) is 8.01. The average molecular weight is 336 g/mol. The fourth-order valence-corrected chi connectivity index (χ4v) is 3.27. The first-order valence-corrected chi connectivity index (χ1v) is 8.51. The maximum atomic E-state index is 12.2. The van der Waals surface area contributed by atoms with E-state index in [1.54, 1.807) is 24.3 Å². The largest absolute Gasteiger partial charge is 0.480 e. The SMILES string of the molecule is CC(NC(=O)c1ccccc1SCC(=O)N1CCCC1)C(=O)O. The van der Waals surface area contributed by atoms with E-state index in [2.05, 4.69) is 5.32 Å². The maximum Gasteiger partial charge on any atom is 0.325 e. The van der Waals surface area contributed by atoms with Crippen LogP contribution in [0.3, 0.4) is 0 Å². The van der Waals surface area contributed by atoms with Gasteiger partial charge in [-0.3, -0.25) is 14.4 Å². The average Bonchev–Trinajstić information content (AvgIpc) is 3.07. The van der Waals surface area contributed by atoms with E-state index in [4.69, 9.17) is 5.11 Å². The predicted molar refractivity (Wildman–Crippen MR) is 87.5 cm³/mol. The summed E-state index contributed by atoms with van der Waals surface area (Å²) < 4.78 is 0. The first-order valence-electron chi connectivity index (χ1n) is 7.52. The summed E-state index contributed by atoms with van der Waals surface area (Å²) in [7, 11) is 0. The minimum atomic E-state index is -1.09. The number of amides is 2. The second-order valence-electron chi connectivity index (χ2n) is 5.41. The lowest BCUT2D eigenvalue weighted by Crippen LogP contribution is -2.38. The molecule has 1 aromatic rings. The van der Waals surface area contributed by atoms with E-state index in [1.165, 1.54) is 18.7 Å². The fourth-order valence-electron chi connectivity index (χ4n) is 2.31. The van der Waals surface area contributed by atoms with Gasteiger partial charge in [0.15, 0.2) is 0 Å². The van der Waals surface area contributed by atoms with Crippen LogP contribution >= 0.6 is 11.8 Å². The van der Waals surface area contributed by atoms with E-state index in [0.717, 1.165) is 25.9 Å². The van der Waals surface area contributed by atoms with Gasteiger partial charge in [0.25, 0.3) is 5.91 Å². The normalized spacial score (nSPS) is 15.3. The van der Waals surface area contributed by atoms with Crippen LogP contribution in [0.1, 0.15) is 30.1 Å². The highest BCUT2D eigenvalue weighted by molar-refractivity contribution is 8.00. The summed E-state index contributed by atoms with van der Waals surface area (Å²) in [5, 5.41) is 11.3. The molecule has 1 fully saturated rings. The molecule has 1 unspecified atom stereocenters. The highest BCUT2D eigenvalue weighted by Crippen LogP contribution is 2.23. The maximum absolute atomic E-state index is 12.2. The lowest BCUT2D eigenvalue weighted by atomic mass is 10.2. The van der Waals surface area contributed by atoms with Crippen molar-refractivity contribution < 1.29 is 19.5 Å². The van der Waals surface area contributed by atoms with Crippen LogP contribution in [0.25, 0.3) is 0 Å². The van der Waals surface area contributed by atoms with Gasteiger partial charge in [0.1, 0.15) is 6.04 Å². The Balaban J connectivity index is 2.00. The summed E-state index contributed by atoms with van der Waals surface area (Å²) in [6.07, 6.45) is 2.09. The molecule has 0 aromatic heterocycles. The van der Waals surface area contributed by atoms with Crippen molar-refractivity contribution in [3.8, 4) is 0 Å². The standard InChI is InChI=1S/C16H20N2O4S/c1-11(16(21)22)17-15(20)12-6-2-3-7-13(12)23-10-14(19)18-8-4-5-9-18/h2-3,6-7,11H,4-5,8-10H2,1H3,(H,17,20)(H,21,22). The number of hydrogen-bond acceptors (Lipinski definition) is 4. The highest BCUT2D eigenvalue weighted by Gasteiger charge is 2.20. The molecule has 0 aliphatic carbocycles. The number of thioether (sulfide) groups is 1. The molecule has 1 atom stereocenters. The molecule has 1 aromatic carbocycles. The van der Waals surface area contributed by atoms with Crippen LogP contribution in [0.15, 0.2) is 29.2 Å². The van der Waals surface area contributed by atoms with Crippen LogP contribution in [0.2, 0.25) is 0 Å². The quantitative estimate of drug-likeness (QED) is 0.771. The van der Waals surface area contributed by atoms with Crippen LogP contribution < -0.4 is 5.32 Å². The number of nitrogens with one attached hydrogen (secondary N) is 1. The summed E-state index contributed by atoms with van der Waals surface area (Å²) in [5.74, 6) is -1.19. The van der Waals surface area contributed by atoms with Crippen LogP contribution in [-0.2, 0) is 9.59 Å². The minimum Gasteiger partial charge on any atom is -0.480 e. The molecule has 6 nitrogen and oxygen atoms in total. The molecule has 7 heteroatoms. The molecule has 1 aliphatic heterocycles. The molecule has 1 saturated heterocycles. The number of carbonyl (C=O) groups is 3. The fraction of sp³-hybridized carbons (Fsp3) is 0.438. The molecule has 0 radical (unpaired) electrons. The lowest BCUT2D eigenvalue weighted by molar-refractivity contribution is -0.138. The second-order valence-corrected chi connectivity index (χ2v) is 6.42. The Hall–Kier alpha value is -2.02. The molecule has 2 amide bonds. The molecule has 23 heavy (non-hydrogen) atoms. The number of nitrogens with zero attached hydrogens (tertiary/aromatic N) is 1. The molecule has 0 bridgehead atoms. The molecule has 0 saturated carbocycles. The van der Waals surface area contributed by atoms with Gasteiger partial charge in [0, 0.05) is 18.0 Å². The summed E-state index contributed by atoms with van der Waals surface area (Å²) in [6.45, 7) is 3.02. The van der Waals surface area contributed by atoms with Gasteiger partial charge in [-0.05, 0) is 31.9 Å². The van der Waals surface area contributed by atoms with Gasteiger partial charge in [0.05, 0.1) is 11.3 Å². The van der Waals surface area contributed by atoms with Crippen molar-refractivity contribution in [2.24, 2.45) is 0 Å². The van der Waals surface area contributed by atoms with E-state index in [-0.39, 0.29) is 11.7 Å². The number of rotatable bonds is 6. The monoisotopic (exact) mass is 336 g/mol. The molecular formula is C16H20N2O4S. The van der Waals surface area contributed by atoms with Crippen LogP contribution in [-0.4, -0.2) is 52.7 Å². The van der Waals surface area contributed by atoms with E-state index in [9.17, 15) is 14.4 Å². The molecule has 1 heterocycles. The number of carboxylic acids is 1. The Bertz CT molecular complexity index is 599. The number of likely N-dealkylation sites (tertiary alicyclic amines) is 1. The Morgan fingerprint density at radius 1 is 1.26 bits per heavy atom. The van der Waals surface area contributed by atoms with Gasteiger partial charge < -0.3 is 15.3 Å². The Kier molecular flexibility index (Phi) is 6.04. The zero-order valence-corrected chi connectivity index (χ0v) is 13.8.